The van der Waals surface area contributed by atoms with E-state index in [1.807, 2.05) is 11.9 Å². The third kappa shape index (κ3) is 5.01. The van der Waals surface area contributed by atoms with Crippen molar-refractivity contribution in [3.05, 3.63) is 35.6 Å². The molecule has 3 rings (SSSR count). The minimum absolute atomic E-state index is 0.0538. The minimum atomic E-state index is -0.334. The summed E-state index contributed by atoms with van der Waals surface area (Å²) in [6.07, 6.45) is 2.57. The van der Waals surface area contributed by atoms with Crippen molar-refractivity contribution >= 4 is 11.8 Å². The van der Waals surface area contributed by atoms with Crippen LogP contribution in [0, 0.1) is 11.7 Å². The van der Waals surface area contributed by atoms with Gasteiger partial charge in [-0.1, -0.05) is 18.2 Å². The number of nitrogens with zero attached hydrogens (tertiary/aromatic N) is 3. The van der Waals surface area contributed by atoms with Gasteiger partial charge in [0, 0.05) is 39.8 Å². The Morgan fingerprint density at radius 2 is 1.84 bits per heavy atom. The largest absolute Gasteiger partial charge is 0.344 e. The number of halogens is 1. The zero-order valence-corrected chi connectivity index (χ0v) is 14.8. The molecule has 0 radical (unpaired) electrons. The maximum Gasteiger partial charge on any atom is 0.236 e. The second-order valence-corrected chi connectivity index (χ2v) is 7.14. The van der Waals surface area contributed by atoms with Crippen molar-refractivity contribution in [1.29, 1.82) is 0 Å². The van der Waals surface area contributed by atoms with Gasteiger partial charge in [-0.05, 0) is 30.4 Å². The van der Waals surface area contributed by atoms with Crippen LogP contribution in [-0.2, 0) is 16.0 Å². The summed E-state index contributed by atoms with van der Waals surface area (Å²) in [6, 6.07) is 6.40. The van der Waals surface area contributed by atoms with Gasteiger partial charge in [-0.2, -0.15) is 0 Å². The fourth-order valence-electron chi connectivity index (χ4n) is 3.17. The van der Waals surface area contributed by atoms with Crippen molar-refractivity contribution in [3.63, 3.8) is 0 Å². The van der Waals surface area contributed by atoms with Gasteiger partial charge in [0.05, 0.1) is 13.0 Å². The molecule has 0 unspecified atom stereocenters. The van der Waals surface area contributed by atoms with E-state index in [4.69, 9.17) is 0 Å². The highest BCUT2D eigenvalue weighted by atomic mass is 19.1. The van der Waals surface area contributed by atoms with Crippen molar-refractivity contribution in [2.45, 2.75) is 19.3 Å². The summed E-state index contributed by atoms with van der Waals surface area (Å²) >= 11 is 0. The van der Waals surface area contributed by atoms with Crippen LogP contribution in [0.1, 0.15) is 18.4 Å². The van der Waals surface area contributed by atoms with Crippen LogP contribution in [-0.4, -0.2) is 72.8 Å². The summed E-state index contributed by atoms with van der Waals surface area (Å²) in [7, 11) is 1.87. The van der Waals surface area contributed by atoms with Gasteiger partial charge in [-0.15, -0.1) is 0 Å². The van der Waals surface area contributed by atoms with Crippen LogP contribution in [0.3, 0.4) is 0 Å². The van der Waals surface area contributed by atoms with Crippen molar-refractivity contribution in [3.8, 4) is 0 Å². The van der Waals surface area contributed by atoms with Gasteiger partial charge < -0.3 is 9.80 Å². The maximum absolute atomic E-state index is 13.7. The molecule has 0 N–H and O–H groups in total. The normalized spacial score (nSPS) is 18.2. The molecule has 25 heavy (non-hydrogen) atoms. The summed E-state index contributed by atoms with van der Waals surface area (Å²) in [5, 5.41) is 0. The fraction of sp³-hybridized carbons (Fsp3) is 0.579. The van der Waals surface area contributed by atoms with Crippen molar-refractivity contribution in [1.82, 2.24) is 14.7 Å². The number of hydrogen-bond donors (Lipinski definition) is 0. The summed E-state index contributed by atoms with van der Waals surface area (Å²) in [5.41, 5.74) is 0.437. The highest BCUT2D eigenvalue weighted by Gasteiger charge is 2.27. The first-order chi connectivity index (χ1) is 12.0. The van der Waals surface area contributed by atoms with Gasteiger partial charge in [0.25, 0.3) is 0 Å². The number of likely N-dealkylation sites (N-methyl/N-ethyl adjacent to an activating group) is 1. The Balaban J connectivity index is 1.42. The van der Waals surface area contributed by atoms with E-state index in [2.05, 4.69) is 4.90 Å². The number of piperazine rings is 1. The van der Waals surface area contributed by atoms with Crippen LogP contribution in [0.15, 0.2) is 24.3 Å². The molecule has 1 aromatic rings. The van der Waals surface area contributed by atoms with Gasteiger partial charge in [-0.25, -0.2) is 4.39 Å². The molecule has 1 heterocycles. The van der Waals surface area contributed by atoms with Gasteiger partial charge in [-0.3, -0.25) is 14.5 Å². The van der Waals surface area contributed by atoms with E-state index in [1.165, 1.54) is 18.9 Å². The molecule has 1 aliphatic heterocycles. The predicted octanol–water partition coefficient (Wildman–Crippen LogP) is 1.38. The fourth-order valence-corrected chi connectivity index (χ4v) is 3.17. The van der Waals surface area contributed by atoms with E-state index in [-0.39, 0.29) is 24.1 Å². The van der Waals surface area contributed by atoms with Crippen molar-refractivity contribution in [2.75, 3.05) is 46.3 Å². The van der Waals surface area contributed by atoms with Crippen LogP contribution in [0.5, 0.6) is 0 Å². The SMILES string of the molecule is CN(CC1CC1)C(=O)CN1CCN(C(=O)Cc2ccccc2F)CC1. The van der Waals surface area contributed by atoms with E-state index in [9.17, 15) is 14.0 Å². The number of carbonyl (C=O) groups excluding carboxylic acids is 2. The van der Waals surface area contributed by atoms with Crippen molar-refractivity contribution < 1.29 is 14.0 Å². The van der Waals surface area contributed by atoms with Gasteiger partial charge >= 0.3 is 0 Å². The lowest BCUT2D eigenvalue weighted by Crippen LogP contribution is -2.51. The predicted molar refractivity (Wildman–Crippen MR) is 93.5 cm³/mol. The lowest BCUT2D eigenvalue weighted by molar-refractivity contribution is -0.134. The minimum Gasteiger partial charge on any atom is -0.344 e. The van der Waals surface area contributed by atoms with E-state index in [1.54, 1.807) is 23.1 Å². The van der Waals surface area contributed by atoms with Crippen LogP contribution in [0.25, 0.3) is 0 Å². The lowest BCUT2D eigenvalue weighted by atomic mass is 10.1. The topological polar surface area (TPSA) is 43.9 Å². The monoisotopic (exact) mass is 347 g/mol. The van der Waals surface area contributed by atoms with Crippen LogP contribution >= 0.6 is 0 Å². The molecule has 1 aromatic carbocycles. The summed E-state index contributed by atoms with van der Waals surface area (Å²) in [4.78, 5) is 30.3. The molecule has 5 nitrogen and oxygen atoms in total. The zero-order valence-electron chi connectivity index (χ0n) is 14.8. The molecule has 2 amide bonds. The number of amides is 2. The third-order valence-corrected chi connectivity index (χ3v) is 5.04. The maximum atomic E-state index is 13.7. The first kappa shape index (κ1) is 17.9. The third-order valence-electron chi connectivity index (χ3n) is 5.04. The second-order valence-electron chi connectivity index (χ2n) is 7.14. The molecule has 0 spiro atoms. The standard InChI is InChI=1S/C19H26FN3O2/c1-21(13-15-6-7-15)19(25)14-22-8-10-23(11-9-22)18(24)12-16-4-2-3-5-17(16)20/h2-5,15H,6-14H2,1H3. The smallest absolute Gasteiger partial charge is 0.236 e. The van der Waals surface area contributed by atoms with Gasteiger partial charge in [0.1, 0.15) is 5.82 Å². The quantitative estimate of drug-likeness (QED) is 0.781. The Hall–Kier alpha value is -1.95. The molecule has 1 saturated heterocycles. The zero-order chi connectivity index (χ0) is 17.8. The lowest BCUT2D eigenvalue weighted by Gasteiger charge is -2.35. The Morgan fingerprint density at radius 3 is 2.48 bits per heavy atom. The highest BCUT2D eigenvalue weighted by molar-refractivity contribution is 5.79. The molecule has 0 aromatic heterocycles. The van der Waals surface area contributed by atoms with Gasteiger partial charge in [0.2, 0.25) is 11.8 Å². The van der Waals surface area contributed by atoms with E-state index < -0.39 is 0 Å². The molecule has 1 aliphatic carbocycles. The number of hydrogen-bond acceptors (Lipinski definition) is 3. The van der Waals surface area contributed by atoms with Crippen LogP contribution in [0.4, 0.5) is 4.39 Å². The van der Waals surface area contributed by atoms with Crippen LogP contribution in [0.2, 0.25) is 0 Å². The summed E-state index contributed by atoms with van der Waals surface area (Å²) in [6.45, 7) is 3.83. The number of rotatable bonds is 6. The Kier molecular flexibility index (Phi) is 5.68. The van der Waals surface area contributed by atoms with Crippen LogP contribution < -0.4 is 0 Å². The Morgan fingerprint density at radius 1 is 1.16 bits per heavy atom. The average Bonchev–Trinajstić information content (AvgIpc) is 3.41. The number of benzene rings is 1. The number of carbonyl (C=O) groups is 2. The first-order valence-electron chi connectivity index (χ1n) is 9.00. The highest BCUT2D eigenvalue weighted by Crippen LogP contribution is 2.29. The van der Waals surface area contributed by atoms with Crippen molar-refractivity contribution in [2.24, 2.45) is 5.92 Å². The van der Waals surface area contributed by atoms with E-state index >= 15 is 0 Å². The molecule has 2 aliphatic rings. The first-order valence-corrected chi connectivity index (χ1v) is 9.00. The van der Waals surface area contributed by atoms with Gasteiger partial charge in [0.15, 0.2) is 0 Å². The molecule has 136 valence electrons. The summed E-state index contributed by atoms with van der Waals surface area (Å²) < 4.78 is 13.7. The Bertz CT molecular complexity index is 625. The molecule has 1 saturated carbocycles. The molecular weight excluding hydrogens is 321 g/mol. The second kappa shape index (κ2) is 7.95. The van der Waals surface area contributed by atoms with E-state index in [0.717, 1.165) is 6.54 Å². The molecular formula is C19H26FN3O2. The molecule has 0 bridgehead atoms. The average molecular weight is 347 g/mol. The molecule has 0 atom stereocenters. The molecule has 6 heteroatoms. The summed E-state index contributed by atoms with van der Waals surface area (Å²) in [5.74, 6) is 0.459. The molecule has 2 fully saturated rings. The Labute approximate surface area is 148 Å². The van der Waals surface area contributed by atoms with E-state index in [0.29, 0.717) is 44.2 Å².